The molecule has 2 aromatic carbocycles. The number of amides is 2. The van der Waals surface area contributed by atoms with Gasteiger partial charge in [-0.15, -0.1) is 11.8 Å². The van der Waals surface area contributed by atoms with Crippen LogP contribution in [-0.2, 0) is 21.9 Å². The van der Waals surface area contributed by atoms with Crippen molar-refractivity contribution in [3.8, 4) is 0 Å². The molecule has 0 unspecified atom stereocenters. The Bertz CT molecular complexity index is 857. The molecule has 31 heavy (non-hydrogen) atoms. The van der Waals surface area contributed by atoms with E-state index < -0.39 is 6.04 Å². The number of carbonyl (C=O) groups excluding carboxylic acids is 2. The third kappa shape index (κ3) is 8.23. The quantitative estimate of drug-likeness (QED) is 0.474. The van der Waals surface area contributed by atoms with Crippen LogP contribution in [0.1, 0.15) is 50.3 Å². The lowest BCUT2D eigenvalue weighted by Gasteiger charge is -2.31. The number of thioether (sulfide) groups is 1. The van der Waals surface area contributed by atoms with Crippen LogP contribution in [0.25, 0.3) is 0 Å². The molecule has 0 saturated carbocycles. The number of hydrogen-bond donors (Lipinski definition) is 1. The summed E-state index contributed by atoms with van der Waals surface area (Å²) in [6.07, 6.45) is 1.42. The minimum absolute atomic E-state index is 0.0216. The van der Waals surface area contributed by atoms with Gasteiger partial charge in [-0.1, -0.05) is 67.4 Å². The Morgan fingerprint density at radius 3 is 2.39 bits per heavy atom. The minimum Gasteiger partial charge on any atom is -0.352 e. The largest absolute Gasteiger partial charge is 0.352 e. The summed E-state index contributed by atoms with van der Waals surface area (Å²) < 4.78 is 0. The van der Waals surface area contributed by atoms with E-state index in [0.29, 0.717) is 23.7 Å². The molecule has 0 heterocycles. The highest BCUT2D eigenvalue weighted by molar-refractivity contribution is 7.99. The zero-order chi connectivity index (χ0) is 22.8. The molecule has 0 aliphatic carbocycles. The molecule has 0 aliphatic heterocycles. The summed E-state index contributed by atoms with van der Waals surface area (Å²) >= 11 is 7.50. The van der Waals surface area contributed by atoms with E-state index >= 15 is 0 Å². The maximum Gasteiger partial charge on any atom is 0.243 e. The highest BCUT2D eigenvalue weighted by atomic mass is 35.5. The van der Waals surface area contributed by atoms with Crippen LogP contribution in [0.2, 0.25) is 5.02 Å². The van der Waals surface area contributed by atoms with E-state index in [2.05, 4.69) is 11.4 Å². The summed E-state index contributed by atoms with van der Waals surface area (Å²) in [7, 11) is 0. The first-order valence-electron chi connectivity index (χ1n) is 10.8. The zero-order valence-electron chi connectivity index (χ0n) is 18.9. The number of nitrogens with zero attached hydrogens (tertiary/aromatic N) is 1. The Kier molecular flexibility index (Phi) is 10.4. The van der Waals surface area contributed by atoms with E-state index in [9.17, 15) is 9.59 Å². The highest BCUT2D eigenvalue weighted by Gasteiger charge is 2.29. The molecular weight excluding hydrogens is 428 g/mol. The Labute approximate surface area is 195 Å². The maximum atomic E-state index is 13.2. The van der Waals surface area contributed by atoms with Crippen molar-refractivity contribution in [2.45, 2.75) is 64.9 Å². The van der Waals surface area contributed by atoms with Crippen LogP contribution in [0, 0.1) is 6.92 Å². The molecule has 2 aromatic rings. The molecular formula is C25H33ClN2O2S. The molecule has 4 nitrogen and oxygen atoms in total. The van der Waals surface area contributed by atoms with Crippen molar-refractivity contribution in [1.82, 2.24) is 10.2 Å². The van der Waals surface area contributed by atoms with Gasteiger partial charge in [0.15, 0.2) is 0 Å². The van der Waals surface area contributed by atoms with Crippen LogP contribution < -0.4 is 5.32 Å². The van der Waals surface area contributed by atoms with Crippen molar-refractivity contribution in [3.05, 3.63) is 70.2 Å². The molecule has 0 aromatic heterocycles. The first-order chi connectivity index (χ1) is 14.8. The predicted molar refractivity (Wildman–Crippen MR) is 131 cm³/mol. The number of rotatable bonds is 11. The molecule has 0 aliphatic rings. The van der Waals surface area contributed by atoms with Crippen LogP contribution in [0.3, 0.4) is 0 Å². The lowest BCUT2D eigenvalue weighted by molar-refractivity contribution is -0.139. The van der Waals surface area contributed by atoms with Crippen molar-refractivity contribution in [1.29, 1.82) is 0 Å². The van der Waals surface area contributed by atoms with Gasteiger partial charge in [0.05, 0.1) is 5.75 Å². The Balaban J connectivity index is 2.13. The molecule has 0 fully saturated rings. The average Bonchev–Trinajstić information content (AvgIpc) is 2.74. The zero-order valence-corrected chi connectivity index (χ0v) is 20.4. The molecule has 1 N–H and O–H groups in total. The van der Waals surface area contributed by atoms with Gasteiger partial charge in [0, 0.05) is 23.4 Å². The summed E-state index contributed by atoms with van der Waals surface area (Å²) in [5, 5.41) is 3.75. The van der Waals surface area contributed by atoms with E-state index in [1.54, 1.807) is 16.7 Å². The molecule has 2 amide bonds. The van der Waals surface area contributed by atoms with Crippen LogP contribution in [0.15, 0.2) is 48.5 Å². The summed E-state index contributed by atoms with van der Waals surface area (Å²) in [4.78, 5) is 27.9. The highest BCUT2D eigenvalue weighted by Crippen LogP contribution is 2.19. The second kappa shape index (κ2) is 12.8. The molecule has 2 rings (SSSR count). The van der Waals surface area contributed by atoms with E-state index in [1.807, 2.05) is 70.2 Å². The average molecular weight is 461 g/mol. The maximum absolute atomic E-state index is 13.2. The van der Waals surface area contributed by atoms with Crippen LogP contribution in [-0.4, -0.2) is 34.6 Å². The van der Waals surface area contributed by atoms with Gasteiger partial charge < -0.3 is 10.2 Å². The second-order valence-electron chi connectivity index (χ2n) is 7.87. The van der Waals surface area contributed by atoms with Crippen molar-refractivity contribution in [2.24, 2.45) is 0 Å². The van der Waals surface area contributed by atoms with E-state index in [0.717, 1.165) is 28.9 Å². The standard InChI is InChI=1S/C25H33ClN2O2S/c1-5-19(4)27-25(30)23(6-2)28(15-21-9-7-8-18(3)14-21)24(29)17-31-16-20-10-12-22(26)13-11-20/h7-14,19,23H,5-6,15-17H2,1-4H3,(H,27,30)/t19-,23+/m1/s1. The van der Waals surface area contributed by atoms with E-state index in [4.69, 9.17) is 11.6 Å². The van der Waals surface area contributed by atoms with Gasteiger partial charge in [-0.3, -0.25) is 9.59 Å². The second-order valence-corrected chi connectivity index (χ2v) is 9.29. The minimum atomic E-state index is -0.488. The SMILES string of the molecule is CC[C@@H](C)NC(=O)[C@H](CC)N(Cc1cccc(C)c1)C(=O)CSCc1ccc(Cl)cc1. The molecule has 0 saturated heterocycles. The number of benzene rings is 2. The normalized spacial score (nSPS) is 12.8. The first kappa shape index (κ1) is 25.3. The fourth-order valence-electron chi connectivity index (χ4n) is 3.29. The molecule has 0 spiro atoms. The summed E-state index contributed by atoms with van der Waals surface area (Å²) in [5.74, 6) is 0.936. The van der Waals surface area contributed by atoms with Gasteiger partial charge in [-0.25, -0.2) is 0 Å². The fourth-order valence-corrected chi connectivity index (χ4v) is 4.28. The fraction of sp³-hybridized carbons (Fsp3) is 0.440. The van der Waals surface area contributed by atoms with Gasteiger partial charge in [0.25, 0.3) is 0 Å². The van der Waals surface area contributed by atoms with Gasteiger partial charge in [-0.2, -0.15) is 0 Å². The lowest BCUT2D eigenvalue weighted by Crippen LogP contribution is -2.51. The monoisotopic (exact) mass is 460 g/mol. The van der Waals surface area contributed by atoms with Gasteiger partial charge >= 0.3 is 0 Å². The van der Waals surface area contributed by atoms with Crippen LogP contribution in [0.4, 0.5) is 0 Å². The molecule has 2 atom stereocenters. The number of halogens is 1. The predicted octanol–water partition coefficient (Wildman–Crippen LogP) is 5.60. The van der Waals surface area contributed by atoms with Gasteiger partial charge in [0.1, 0.15) is 6.04 Å². The summed E-state index contributed by atoms with van der Waals surface area (Å²) in [6.45, 7) is 8.44. The summed E-state index contributed by atoms with van der Waals surface area (Å²) in [5.41, 5.74) is 3.29. The molecule has 0 radical (unpaired) electrons. The smallest absolute Gasteiger partial charge is 0.243 e. The van der Waals surface area contributed by atoms with Gasteiger partial charge in [0.2, 0.25) is 11.8 Å². The number of aryl methyl sites for hydroxylation is 1. The van der Waals surface area contributed by atoms with Crippen LogP contribution in [0.5, 0.6) is 0 Å². The third-order valence-electron chi connectivity index (χ3n) is 5.23. The van der Waals surface area contributed by atoms with Crippen molar-refractivity contribution in [3.63, 3.8) is 0 Å². The first-order valence-corrected chi connectivity index (χ1v) is 12.3. The topological polar surface area (TPSA) is 49.4 Å². The molecule has 6 heteroatoms. The molecule has 0 bridgehead atoms. The number of carbonyl (C=O) groups is 2. The van der Waals surface area contributed by atoms with Gasteiger partial charge in [-0.05, 0) is 49.9 Å². The lowest BCUT2D eigenvalue weighted by atomic mass is 10.1. The van der Waals surface area contributed by atoms with Crippen molar-refractivity contribution >= 4 is 35.2 Å². The Morgan fingerprint density at radius 1 is 1.06 bits per heavy atom. The number of nitrogens with one attached hydrogen (secondary N) is 1. The number of hydrogen-bond acceptors (Lipinski definition) is 3. The van der Waals surface area contributed by atoms with Crippen molar-refractivity contribution in [2.75, 3.05) is 5.75 Å². The third-order valence-corrected chi connectivity index (χ3v) is 6.47. The Morgan fingerprint density at radius 2 is 1.77 bits per heavy atom. The van der Waals surface area contributed by atoms with Crippen LogP contribution >= 0.6 is 23.4 Å². The van der Waals surface area contributed by atoms with E-state index in [-0.39, 0.29) is 17.9 Å². The van der Waals surface area contributed by atoms with Crippen molar-refractivity contribution < 1.29 is 9.59 Å². The Hall–Kier alpha value is -1.98. The summed E-state index contributed by atoms with van der Waals surface area (Å²) in [6, 6.07) is 15.3. The molecule has 168 valence electrons. The van der Waals surface area contributed by atoms with E-state index in [1.165, 1.54) is 0 Å².